The van der Waals surface area contributed by atoms with Crippen molar-refractivity contribution in [2.75, 3.05) is 5.32 Å². The number of nitrogens with one attached hydrogen (secondary N) is 1. The average Bonchev–Trinajstić information content (AvgIpc) is 3.10. The number of rotatable bonds is 4. The lowest BCUT2D eigenvalue weighted by Crippen LogP contribution is -2.19. The molecular weight excluding hydrogens is 306 g/mol. The molecule has 0 aromatic carbocycles. The Kier molecular flexibility index (Phi) is 3.98. The quantitative estimate of drug-likeness (QED) is 0.786. The number of hydrogen-bond donors (Lipinski definition) is 1. The summed E-state index contributed by atoms with van der Waals surface area (Å²) in [5, 5.41) is 12.5. The third-order valence-electron chi connectivity index (χ3n) is 3.82. The number of anilines is 1. The highest BCUT2D eigenvalue weighted by molar-refractivity contribution is 5.86. The molecule has 0 radical (unpaired) electrons. The van der Waals surface area contributed by atoms with E-state index in [0.717, 1.165) is 29.1 Å². The minimum Gasteiger partial charge on any atom is -0.358 e. The number of aryl methyl sites for hydroxylation is 2. The first-order valence-corrected chi connectivity index (χ1v) is 8.06. The molecule has 0 aliphatic rings. The van der Waals surface area contributed by atoms with E-state index in [9.17, 15) is 0 Å². The van der Waals surface area contributed by atoms with Crippen LogP contribution in [0.15, 0.2) is 10.7 Å². The molecule has 0 bridgehead atoms. The molecule has 3 rings (SSSR count). The van der Waals surface area contributed by atoms with Crippen LogP contribution >= 0.6 is 0 Å². The zero-order chi connectivity index (χ0) is 17.5. The summed E-state index contributed by atoms with van der Waals surface area (Å²) in [5.41, 5.74) is 0.631. The molecule has 8 nitrogen and oxygen atoms in total. The predicted octanol–water partition coefficient (Wildman–Crippen LogP) is 2.92. The van der Waals surface area contributed by atoms with Crippen molar-refractivity contribution in [2.45, 2.75) is 52.5 Å². The molecular formula is C16H23N7O. The molecule has 0 spiro atoms. The Morgan fingerprint density at radius 1 is 1.25 bits per heavy atom. The fourth-order valence-corrected chi connectivity index (χ4v) is 2.43. The van der Waals surface area contributed by atoms with E-state index in [0.29, 0.717) is 11.7 Å². The number of aromatic nitrogens is 6. The Labute approximate surface area is 140 Å². The number of hydrogen-bond acceptors (Lipinski definition) is 7. The Balaban J connectivity index is 2.07. The summed E-state index contributed by atoms with van der Waals surface area (Å²) in [4.78, 5) is 13.7. The van der Waals surface area contributed by atoms with Gasteiger partial charge in [-0.15, -0.1) is 0 Å². The molecule has 1 atom stereocenters. The van der Waals surface area contributed by atoms with Crippen molar-refractivity contribution in [3.63, 3.8) is 0 Å². The molecule has 0 fully saturated rings. The van der Waals surface area contributed by atoms with Gasteiger partial charge in [-0.1, -0.05) is 32.9 Å². The zero-order valence-corrected chi connectivity index (χ0v) is 15.0. The van der Waals surface area contributed by atoms with Gasteiger partial charge in [-0.2, -0.15) is 10.1 Å². The van der Waals surface area contributed by atoms with E-state index >= 15 is 0 Å². The number of nitrogens with zero attached hydrogens (tertiary/aromatic N) is 6. The fourth-order valence-electron chi connectivity index (χ4n) is 2.43. The maximum Gasteiger partial charge on any atom is 0.249 e. The molecule has 1 unspecified atom stereocenters. The largest absolute Gasteiger partial charge is 0.358 e. The van der Waals surface area contributed by atoms with Crippen molar-refractivity contribution in [3.8, 4) is 0 Å². The maximum absolute atomic E-state index is 5.32. The van der Waals surface area contributed by atoms with Gasteiger partial charge in [0.2, 0.25) is 5.89 Å². The summed E-state index contributed by atoms with van der Waals surface area (Å²) in [6.07, 6.45) is 2.56. The van der Waals surface area contributed by atoms with Gasteiger partial charge in [0.25, 0.3) is 0 Å². The summed E-state index contributed by atoms with van der Waals surface area (Å²) in [7, 11) is 1.88. The van der Waals surface area contributed by atoms with Gasteiger partial charge >= 0.3 is 0 Å². The molecule has 3 aromatic rings. The first-order valence-electron chi connectivity index (χ1n) is 8.06. The van der Waals surface area contributed by atoms with Crippen LogP contribution in [0.2, 0.25) is 0 Å². The first kappa shape index (κ1) is 16.4. The minimum atomic E-state index is -0.169. The first-order chi connectivity index (χ1) is 11.3. The minimum absolute atomic E-state index is 0.114. The second-order valence-corrected chi connectivity index (χ2v) is 6.94. The van der Waals surface area contributed by atoms with Gasteiger partial charge in [-0.05, 0) is 13.3 Å². The predicted molar refractivity (Wildman–Crippen MR) is 90.7 cm³/mol. The normalized spacial score (nSPS) is 13.4. The topological polar surface area (TPSA) is 94.6 Å². The molecule has 3 aromatic heterocycles. The molecule has 0 saturated heterocycles. The van der Waals surface area contributed by atoms with E-state index in [1.54, 1.807) is 17.8 Å². The van der Waals surface area contributed by atoms with Gasteiger partial charge in [0.15, 0.2) is 11.5 Å². The molecule has 1 N–H and O–H groups in total. The van der Waals surface area contributed by atoms with Crippen LogP contribution in [0.4, 0.5) is 5.82 Å². The third-order valence-corrected chi connectivity index (χ3v) is 3.82. The van der Waals surface area contributed by atoms with Crippen LogP contribution in [0.5, 0.6) is 0 Å². The van der Waals surface area contributed by atoms with Crippen molar-refractivity contribution < 1.29 is 4.52 Å². The molecule has 128 valence electrons. The van der Waals surface area contributed by atoms with Crippen molar-refractivity contribution in [1.29, 1.82) is 0 Å². The lowest BCUT2D eigenvalue weighted by molar-refractivity contribution is 0.356. The maximum atomic E-state index is 5.32. The Morgan fingerprint density at radius 3 is 2.58 bits per heavy atom. The van der Waals surface area contributed by atoms with Crippen LogP contribution in [0.3, 0.4) is 0 Å². The highest BCUT2D eigenvalue weighted by Gasteiger charge is 2.24. The molecule has 0 amide bonds. The van der Waals surface area contributed by atoms with E-state index in [-0.39, 0.29) is 11.5 Å². The molecule has 24 heavy (non-hydrogen) atoms. The summed E-state index contributed by atoms with van der Waals surface area (Å²) < 4.78 is 7.08. The Hall–Kier alpha value is -2.51. The van der Waals surface area contributed by atoms with Gasteiger partial charge in [0.1, 0.15) is 17.7 Å². The molecule has 0 saturated carbocycles. The van der Waals surface area contributed by atoms with Crippen LogP contribution in [0.25, 0.3) is 11.0 Å². The lowest BCUT2D eigenvalue weighted by Gasteiger charge is -2.20. The van der Waals surface area contributed by atoms with Gasteiger partial charge < -0.3 is 9.84 Å². The zero-order valence-electron chi connectivity index (χ0n) is 15.0. The molecule has 3 heterocycles. The van der Waals surface area contributed by atoms with Gasteiger partial charge in [0.05, 0.1) is 11.6 Å². The van der Waals surface area contributed by atoms with Crippen LogP contribution in [0.1, 0.15) is 57.7 Å². The van der Waals surface area contributed by atoms with E-state index in [1.165, 1.54) is 0 Å². The van der Waals surface area contributed by atoms with E-state index < -0.39 is 0 Å². The van der Waals surface area contributed by atoms with Crippen molar-refractivity contribution in [3.05, 3.63) is 23.7 Å². The van der Waals surface area contributed by atoms with Crippen LogP contribution in [-0.4, -0.2) is 29.9 Å². The van der Waals surface area contributed by atoms with E-state index in [2.05, 4.69) is 53.2 Å². The van der Waals surface area contributed by atoms with Crippen molar-refractivity contribution in [1.82, 2.24) is 29.9 Å². The summed E-state index contributed by atoms with van der Waals surface area (Å²) in [6, 6.07) is -0.114. The van der Waals surface area contributed by atoms with Crippen molar-refractivity contribution >= 4 is 16.9 Å². The van der Waals surface area contributed by atoms with Gasteiger partial charge in [0, 0.05) is 12.5 Å². The lowest BCUT2D eigenvalue weighted by atomic mass is 9.95. The van der Waals surface area contributed by atoms with Crippen LogP contribution < -0.4 is 5.32 Å². The standard InChI is InChI=1S/C16H23N7O/c1-7-11(14-18-9(2)22-24-14)19-12-10-8-17-23(6)13(10)21-15(20-12)16(3,4)5/h8,11H,7H2,1-6H3,(H,19,20,21). The second-order valence-electron chi connectivity index (χ2n) is 6.94. The fraction of sp³-hybridized carbons (Fsp3) is 0.562. The average molecular weight is 329 g/mol. The SMILES string of the molecule is CCC(Nc1nc(C(C)(C)C)nc2c1cnn2C)c1nc(C)no1. The van der Waals surface area contributed by atoms with Crippen LogP contribution in [-0.2, 0) is 12.5 Å². The highest BCUT2D eigenvalue weighted by Crippen LogP contribution is 2.29. The van der Waals surface area contributed by atoms with E-state index in [1.807, 2.05) is 7.05 Å². The summed E-state index contributed by atoms with van der Waals surface area (Å²) in [5.74, 6) is 2.68. The third kappa shape index (κ3) is 2.95. The highest BCUT2D eigenvalue weighted by atomic mass is 16.5. The second kappa shape index (κ2) is 5.85. The summed E-state index contributed by atoms with van der Waals surface area (Å²) >= 11 is 0. The molecule has 0 aliphatic carbocycles. The van der Waals surface area contributed by atoms with Gasteiger partial charge in [-0.25, -0.2) is 9.97 Å². The van der Waals surface area contributed by atoms with E-state index in [4.69, 9.17) is 9.51 Å². The Morgan fingerprint density at radius 2 is 2.00 bits per heavy atom. The Bertz CT molecular complexity index is 859. The van der Waals surface area contributed by atoms with Gasteiger partial charge in [-0.3, -0.25) is 4.68 Å². The summed E-state index contributed by atoms with van der Waals surface area (Å²) in [6.45, 7) is 10.1. The molecule has 8 heteroatoms. The van der Waals surface area contributed by atoms with Crippen molar-refractivity contribution in [2.24, 2.45) is 7.05 Å². The molecule has 0 aliphatic heterocycles. The monoisotopic (exact) mass is 329 g/mol. The smallest absolute Gasteiger partial charge is 0.249 e. The van der Waals surface area contributed by atoms with Crippen LogP contribution in [0, 0.1) is 6.92 Å². The number of fused-ring (bicyclic) bond motifs is 1.